The number of carbonyl (C=O) groups is 1. The van der Waals surface area contributed by atoms with Crippen LogP contribution < -0.4 is 20.1 Å². The number of ether oxygens (including phenoxy) is 3. The minimum atomic E-state index is -0.0622. The SMILES string of the molecule is CC(C)C(NC(=O)CNCC1CCCO1)c1ccc2c(c1)OCCO2.Cl. The average Bonchev–Trinajstić information content (AvgIpc) is 3.12. The predicted octanol–water partition coefficient (Wildman–Crippen LogP) is 2.46. The van der Waals surface area contributed by atoms with Gasteiger partial charge in [0.2, 0.25) is 5.91 Å². The van der Waals surface area contributed by atoms with E-state index in [0.29, 0.717) is 19.8 Å². The largest absolute Gasteiger partial charge is 0.486 e. The second kappa shape index (κ2) is 10.00. The first kappa shape index (κ1) is 20.8. The Bertz CT molecular complexity index is 591. The quantitative estimate of drug-likeness (QED) is 0.755. The fraction of sp³-hybridized carbons (Fsp3) is 0.632. The summed E-state index contributed by atoms with van der Waals surface area (Å²) in [5.74, 6) is 1.78. The van der Waals surface area contributed by atoms with E-state index < -0.39 is 0 Å². The van der Waals surface area contributed by atoms with E-state index in [1.165, 1.54) is 0 Å². The van der Waals surface area contributed by atoms with Crippen molar-refractivity contribution in [3.8, 4) is 11.5 Å². The molecule has 2 heterocycles. The van der Waals surface area contributed by atoms with E-state index >= 15 is 0 Å². The lowest BCUT2D eigenvalue weighted by Crippen LogP contribution is -2.40. The maximum atomic E-state index is 12.3. The van der Waals surface area contributed by atoms with Crippen molar-refractivity contribution in [2.75, 3.05) is 32.9 Å². The molecule has 1 fully saturated rings. The molecule has 26 heavy (non-hydrogen) atoms. The molecule has 0 spiro atoms. The molecular weight excluding hydrogens is 356 g/mol. The summed E-state index contributed by atoms with van der Waals surface area (Å²) in [7, 11) is 0. The second-order valence-corrected chi connectivity index (χ2v) is 6.96. The zero-order valence-electron chi connectivity index (χ0n) is 15.5. The summed E-state index contributed by atoms with van der Waals surface area (Å²) in [5.41, 5.74) is 1.03. The van der Waals surface area contributed by atoms with Gasteiger partial charge in [0.25, 0.3) is 0 Å². The van der Waals surface area contributed by atoms with Gasteiger partial charge in [0.15, 0.2) is 11.5 Å². The highest BCUT2D eigenvalue weighted by Gasteiger charge is 2.22. The Morgan fingerprint density at radius 1 is 1.19 bits per heavy atom. The Morgan fingerprint density at radius 2 is 1.96 bits per heavy atom. The van der Waals surface area contributed by atoms with Crippen molar-refractivity contribution in [1.82, 2.24) is 10.6 Å². The second-order valence-electron chi connectivity index (χ2n) is 6.96. The predicted molar refractivity (Wildman–Crippen MR) is 102 cm³/mol. The maximum absolute atomic E-state index is 12.3. The van der Waals surface area contributed by atoms with Crippen molar-refractivity contribution < 1.29 is 19.0 Å². The summed E-state index contributed by atoms with van der Waals surface area (Å²) in [6.07, 6.45) is 2.42. The number of fused-ring (bicyclic) bond motifs is 1. The first-order valence-corrected chi connectivity index (χ1v) is 9.14. The van der Waals surface area contributed by atoms with Crippen molar-refractivity contribution in [2.24, 2.45) is 5.92 Å². The Kier molecular flexibility index (Phi) is 8.00. The van der Waals surface area contributed by atoms with Crippen molar-refractivity contribution in [3.05, 3.63) is 23.8 Å². The molecule has 2 aliphatic rings. The van der Waals surface area contributed by atoms with Gasteiger partial charge in [0.1, 0.15) is 13.2 Å². The van der Waals surface area contributed by atoms with E-state index in [0.717, 1.165) is 43.1 Å². The van der Waals surface area contributed by atoms with Crippen LogP contribution in [0.4, 0.5) is 0 Å². The molecule has 0 aliphatic carbocycles. The zero-order chi connectivity index (χ0) is 17.6. The monoisotopic (exact) mass is 384 g/mol. The molecule has 1 aromatic rings. The van der Waals surface area contributed by atoms with Gasteiger partial charge in [-0.3, -0.25) is 4.79 Å². The molecule has 2 aliphatic heterocycles. The van der Waals surface area contributed by atoms with E-state index in [1.807, 2.05) is 18.2 Å². The minimum Gasteiger partial charge on any atom is -0.486 e. The molecule has 0 bridgehead atoms. The topological polar surface area (TPSA) is 68.8 Å². The lowest BCUT2D eigenvalue weighted by Gasteiger charge is -2.25. The van der Waals surface area contributed by atoms with Crippen LogP contribution in [0.3, 0.4) is 0 Å². The van der Waals surface area contributed by atoms with Crippen molar-refractivity contribution in [1.29, 1.82) is 0 Å². The standard InChI is InChI=1S/C19H28N2O4.ClH/c1-13(2)19(14-5-6-16-17(10-14)25-9-8-24-16)21-18(22)12-20-11-15-4-3-7-23-15;/h5-6,10,13,15,19-20H,3-4,7-9,11-12H2,1-2H3,(H,21,22);1H. The van der Waals surface area contributed by atoms with Crippen molar-refractivity contribution in [2.45, 2.75) is 38.8 Å². The molecule has 7 heteroatoms. The number of rotatable bonds is 7. The van der Waals surface area contributed by atoms with Crippen LogP contribution in [0.1, 0.15) is 38.3 Å². The number of carbonyl (C=O) groups excluding carboxylic acids is 1. The van der Waals surface area contributed by atoms with E-state index in [-0.39, 0.29) is 36.4 Å². The molecule has 2 N–H and O–H groups in total. The number of halogens is 1. The molecular formula is C19H29ClN2O4. The zero-order valence-corrected chi connectivity index (χ0v) is 16.3. The number of benzene rings is 1. The summed E-state index contributed by atoms with van der Waals surface area (Å²) in [6.45, 7) is 7.19. The average molecular weight is 385 g/mol. The smallest absolute Gasteiger partial charge is 0.234 e. The van der Waals surface area contributed by atoms with Crippen LogP contribution in [0.5, 0.6) is 11.5 Å². The summed E-state index contributed by atoms with van der Waals surface area (Å²) in [6, 6.07) is 5.83. The Balaban J connectivity index is 0.00000243. The van der Waals surface area contributed by atoms with E-state index in [1.54, 1.807) is 0 Å². The van der Waals surface area contributed by atoms with E-state index in [9.17, 15) is 4.79 Å². The van der Waals surface area contributed by atoms with Crippen molar-refractivity contribution >= 4 is 18.3 Å². The number of hydrogen-bond donors (Lipinski definition) is 2. The van der Waals surface area contributed by atoms with E-state index in [4.69, 9.17) is 14.2 Å². The summed E-state index contributed by atoms with van der Waals surface area (Å²) in [5, 5.41) is 6.32. The summed E-state index contributed by atoms with van der Waals surface area (Å²) < 4.78 is 16.8. The first-order chi connectivity index (χ1) is 12.1. The van der Waals surface area contributed by atoms with Gasteiger partial charge >= 0.3 is 0 Å². The number of amides is 1. The molecule has 3 rings (SSSR count). The first-order valence-electron chi connectivity index (χ1n) is 9.14. The number of hydrogen-bond acceptors (Lipinski definition) is 5. The van der Waals surface area contributed by atoms with Crippen LogP contribution in [-0.4, -0.2) is 44.9 Å². The third kappa shape index (κ3) is 5.50. The van der Waals surface area contributed by atoms with Crippen LogP contribution in [0.2, 0.25) is 0 Å². The van der Waals surface area contributed by atoms with Crippen LogP contribution in [0, 0.1) is 5.92 Å². The molecule has 1 aromatic carbocycles. The Labute approximate surface area is 161 Å². The molecule has 2 unspecified atom stereocenters. The van der Waals surface area contributed by atoms with Gasteiger partial charge in [-0.05, 0) is 36.5 Å². The highest BCUT2D eigenvalue weighted by Crippen LogP contribution is 2.34. The van der Waals surface area contributed by atoms with E-state index in [2.05, 4.69) is 24.5 Å². The molecule has 1 amide bonds. The van der Waals surface area contributed by atoms with Crippen molar-refractivity contribution in [3.63, 3.8) is 0 Å². The maximum Gasteiger partial charge on any atom is 0.234 e. The van der Waals surface area contributed by atoms with Crippen LogP contribution in [0.25, 0.3) is 0 Å². The lowest BCUT2D eigenvalue weighted by molar-refractivity contribution is -0.121. The molecule has 6 nitrogen and oxygen atoms in total. The lowest BCUT2D eigenvalue weighted by atomic mass is 9.95. The molecule has 146 valence electrons. The van der Waals surface area contributed by atoms with Crippen LogP contribution in [-0.2, 0) is 9.53 Å². The van der Waals surface area contributed by atoms with Gasteiger partial charge in [0, 0.05) is 13.2 Å². The Hall–Kier alpha value is -1.50. The highest BCUT2D eigenvalue weighted by molar-refractivity contribution is 5.85. The fourth-order valence-electron chi connectivity index (χ4n) is 3.26. The molecule has 0 saturated carbocycles. The fourth-order valence-corrected chi connectivity index (χ4v) is 3.26. The van der Waals surface area contributed by atoms with Gasteiger partial charge < -0.3 is 24.8 Å². The van der Waals surface area contributed by atoms with Gasteiger partial charge in [-0.15, -0.1) is 12.4 Å². The van der Waals surface area contributed by atoms with Crippen LogP contribution >= 0.6 is 12.4 Å². The van der Waals surface area contributed by atoms with Crippen LogP contribution in [0.15, 0.2) is 18.2 Å². The van der Waals surface area contributed by atoms with Gasteiger partial charge in [-0.1, -0.05) is 19.9 Å². The molecule has 0 radical (unpaired) electrons. The highest BCUT2D eigenvalue weighted by atomic mass is 35.5. The minimum absolute atomic E-state index is 0. The summed E-state index contributed by atoms with van der Waals surface area (Å²) in [4.78, 5) is 12.3. The third-order valence-corrected chi connectivity index (χ3v) is 4.59. The molecule has 0 aromatic heterocycles. The number of nitrogens with one attached hydrogen (secondary N) is 2. The van der Waals surface area contributed by atoms with Gasteiger partial charge in [-0.2, -0.15) is 0 Å². The molecule has 2 atom stereocenters. The third-order valence-electron chi connectivity index (χ3n) is 4.59. The van der Waals surface area contributed by atoms with Gasteiger partial charge in [-0.25, -0.2) is 0 Å². The summed E-state index contributed by atoms with van der Waals surface area (Å²) >= 11 is 0. The Morgan fingerprint density at radius 3 is 2.65 bits per heavy atom. The molecule has 1 saturated heterocycles. The normalized spacial score (nSPS) is 19.7. The van der Waals surface area contributed by atoms with Gasteiger partial charge in [0.05, 0.1) is 18.7 Å².